The van der Waals surface area contributed by atoms with E-state index in [1.54, 1.807) is 71.9 Å². The molecule has 14 heteroatoms. The standard InChI is InChI=1S/C43H55NO13/c1-23-27(55-37(50)33(48)31(26-17-13-10-14-18-26)44-38(51)57-39(3,4)5)20-43(52)36(53-21-25-15-11-9-12-16-25)34-41(8,35(49)32(47)30(23)40(43,6)7)28(46)19-29-42(34,22-54-29)56-24(2)45/h9-18,27-29,31-34,36,46-48,52H,19-22H2,1-8H3,(H,44,51)/t27-,28+,29?,31-,32+,33+,34?,36-,41+,42-,43+/m0/s1. The van der Waals surface area contributed by atoms with Gasteiger partial charge in [0.2, 0.25) is 0 Å². The lowest BCUT2D eigenvalue weighted by atomic mass is 9.44. The van der Waals surface area contributed by atoms with E-state index in [1.165, 1.54) is 13.8 Å². The SMILES string of the molecule is CC(=O)O[C@@]12COC1C[C@@H](O)[C@@]1(C)C(=O)[C@H](O)C3=C(C)[C@@H](OC(=O)[C@H](O)[C@@H](NC(=O)OC(C)(C)C)c4ccccc4)C[C@@](O)([C@@H](OCc4ccccc4)C21)C3(C)C. The van der Waals surface area contributed by atoms with E-state index in [4.69, 9.17) is 23.7 Å². The minimum atomic E-state index is -2.11. The lowest BCUT2D eigenvalue weighted by Gasteiger charge is -2.67. The number of hydrogen-bond acceptors (Lipinski definition) is 13. The topological polar surface area (TPSA) is 207 Å². The van der Waals surface area contributed by atoms with Crippen LogP contribution in [0.1, 0.15) is 85.4 Å². The van der Waals surface area contributed by atoms with Crippen molar-refractivity contribution in [2.24, 2.45) is 16.7 Å². The van der Waals surface area contributed by atoms with Crippen molar-refractivity contribution in [3.8, 4) is 0 Å². The van der Waals surface area contributed by atoms with Gasteiger partial charge in [-0.2, -0.15) is 0 Å². The average molecular weight is 794 g/mol. The summed E-state index contributed by atoms with van der Waals surface area (Å²) in [6.45, 7) is 12.3. The summed E-state index contributed by atoms with van der Waals surface area (Å²) >= 11 is 0. The second kappa shape index (κ2) is 15.2. The molecule has 1 heterocycles. The van der Waals surface area contributed by atoms with Crippen LogP contribution in [0.2, 0.25) is 0 Å². The van der Waals surface area contributed by atoms with Crippen molar-refractivity contribution in [3.05, 3.63) is 82.9 Å². The number of Topliss-reactive ketones (excluding diaryl/α,β-unsaturated/α-hetero) is 1. The molecule has 1 saturated heterocycles. The fraction of sp³-hybridized carbons (Fsp3) is 0.581. The Morgan fingerprint density at radius 2 is 1.61 bits per heavy atom. The van der Waals surface area contributed by atoms with Gasteiger partial charge in [0.1, 0.15) is 29.5 Å². The molecule has 11 atom stereocenters. The molecule has 0 radical (unpaired) electrons. The summed E-state index contributed by atoms with van der Waals surface area (Å²) in [5, 5.41) is 51.7. The van der Waals surface area contributed by atoms with E-state index in [0.717, 1.165) is 0 Å². The Balaban J connectivity index is 1.46. The highest BCUT2D eigenvalue weighted by molar-refractivity contribution is 5.93. The highest BCUT2D eigenvalue weighted by Crippen LogP contribution is 2.64. The minimum Gasteiger partial charge on any atom is -0.456 e. The number of aliphatic hydroxyl groups is 4. The van der Waals surface area contributed by atoms with Crippen LogP contribution in [-0.4, -0.2) is 104 Å². The molecule has 4 aliphatic rings. The summed E-state index contributed by atoms with van der Waals surface area (Å²) in [5.41, 5.74) is -6.50. The monoisotopic (exact) mass is 793 g/mol. The number of alkyl carbamates (subject to hydrolysis) is 1. The molecule has 0 aromatic heterocycles. The molecule has 2 bridgehead atoms. The maximum atomic E-state index is 14.9. The maximum absolute atomic E-state index is 14.9. The highest BCUT2D eigenvalue weighted by Gasteiger charge is 2.77. The van der Waals surface area contributed by atoms with E-state index in [0.29, 0.717) is 11.1 Å². The third-order valence-corrected chi connectivity index (χ3v) is 12.6. The summed E-state index contributed by atoms with van der Waals surface area (Å²) < 4.78 is 30.1. The molecule has 1 amide bonds. The van der Waals surface area contributed by atoms with Crippen LogP contribution in [-0.2, 0) is 44.7 Å². The number of amides is 1. The first-order valence-corrected chi connectivity index (χ1v) is 19.3. The quantitative estimate of drug-likeness (QED) is 0.140. The molecule has 2 aromatic carbocycles. The Kier molecular flexibility index (Phi) is 11.3. The van der Waals surface area contributed by atoms with Crippen LogP contribution in [0.5, 0.6) is 0 Å². The largest absolute Gasteiger partial charge is 0.456 e. The number of esters is 2. The minimum absolute atomic E-state index is 0.0498. The molecule has 14 nitrogen and oxygen atoms in total. The summed E-state index contributed by atoms with van der Waals surface area (Å²) in [6.07, 6.45) is -10.3. The third kappa shape index (κ3) is 7.29. The number of aliphatic hydroxyl groups excluding tert-OH is 3. The van der Waals surface area contributed by atoms with Crippen LogP contribution < -0.4 is 5.32 Å². The number of rotatable bonds is 9. The first kappa shape index (κ1) is 42.4. The zero-order valence-corrected chi connectivity index (χ0v) is 33.7. The van der Waals surface area contributed by atoms with Crippen LogP contribution >= 0.6 is 0 Å². The second-order valence-corrected chi connectivity index (χ2v) is 17.6. The molecule has 0 spiro atoms. The number of hydrogen-bond donors (Lipinski definition) is 5. The maximum Gasteiger partial charge on any atom is 0.408 e. The van der Waals surface area contributed by atoms with E-state index in [-0.39, 0.29) is 37.2 Å². The van der Waals surface area contributed by atoms with Crippen molar-refractivity contribution in [1.29, 1.82) is 0 Å². The van der Waals surface area contributed by atoms with E-state index < -0.39 is 100 Å². The van der Waals surface area contributed by atoms with Crippen molar-refractivity contribution in [2.75, 3.05) is 6.61 Å². The Labute approximate surface area is 332 Å². The van der Waals surface area contributed by atoms with Gasteiger partial charge in [0, 0.05) is 31.1 Å². The number of carbonyl (C=O) groups is 4. The van der Waals surface area contributed by atoms with E-state index in [2.05, 4.69) is 5.32 Å². The number of benzene rings is 2. The van der Waals surface area contributed by atoms with Gasteiger partial charge in [-0.1, -0.05) is 74.5 Å². The number of ether oxygens (including phenoxy) is 5. The molecule has 1 aliphatic heterocycles. The second-order valence-electron chi connectivity index (χ2n) is 17.6. The molecule has 6 rings (SSSR count). The average Bonchev–Trinajstić information content (AvgIpc) is 3.13. The Bertz CT molecular complexity index is 1890. The van der Waals surface area contributed by atoms with Gasteiger partial charge in [-0.3, -0.25) is 9.59 Å². The summed E-state index contributed by atoms with van der Waals surface area (Å²) in [7, 11) is 0. The Morgan fingerprint density at radius 3 is 2.18 bits per heavy atom. The number of fused-ring (bicyclic) bond motifs is 5. The molecule has 57 heavy (non-hydrogen) atoms. The van der Waals surface area contributed by atoms with Gasteiger partial charge in [0.25, 0.3) is 0 Å². The fourth-order valence-corrected chi connectivity index (χ4v) is 9.63. The molecular formula is C43H55NO13. The summed E-state index contributed by atoms with van der Waals surface area (Å²) in [6, 6.07) is 16.0. The first-order valence-electron chi connectivity index (χ1n) is 19.3. The van der Waals surface area contributed by atoms with E-state index in [9.17, 15) is 39.6 Å². The zero-order chi connectivity index (χ0) is 41.9. The van der Waals surface area contributed by atoms with E-state index >= 15 is 0 Å². The molecule has 5 N–H and O–H groups in total. The number of carbonyl (C=O) groups excluding carboxylic acids is 4. The zero-order valence-electron chi connectivity index (χ0n) is 33.7. The van der Waals surface area contributed by atoms with Gasteiger partial charge in [-0.25, -0.2) is 9.59 Å². The molecule has 310 valence electrons. The third-order valence-electron chi connectivity index (χ3n) is 12.6. The lowest BCUT2D eigenvalue weighted by Crippen LogP contribution is -2.81. The normalized spacial score (nSPS) is 34.2. The van der Waals surface area contributed by atoms with Crippen LogP contribution in [0.4, 0.5) is 4.79 Å². The number of ketones is 1. The molecular weight excluding hydrogens is 738 g/mol. The predicted molar refractivity (Wildman–Crippen MR) is 203 cm³/mol. The summed E-state index contributed by atoms with van der Waals surface area (Å²) in [5.74, 6) is -3.94. The summed E-state index contributed by atoms with van der Waals surface area (Å²) in [4.78, 5) is 54.8. The van der Waals surface area contributed by atoms with Gasteiger partial charge in [-0.05, 0) is 56.9 Å². The van der Waals surface area contributed by atoms with E-state index in [1.807, 2.05) is 30.3 Å². The Morgan fingerprint density at radius 1 is 1.00 bits per heavy atom. The number of nitrogens with one attached hydrogen (secondary N) is 1. The fourth-order valence-electron chi connectivity index (χ4n) is 9.63. The molecule has 2 saturated carbocycles. The van der Waals surface area contributed by atoms with Gasteiger partial charge >= 0.3 is 18.0 Å². The Hall–Kier alpha value is -4.18. The molecule has 3 fully saturated rings. The molecule has 3 aliphatic carbocycles. The van der Waals surface area contributed by atoms with Crippen LogP contribution in [0, 0.1) is 16.7 Å². The van der Waals surface area contributed by atoms with Gasteiger partial charge in [-0.15, -0.1) is 0 Å². The van der Waals surface area contributed by atoms with Crippen molar-refractivity contribution >= 4 is 23.8 Å². The predicted octanol–water partition coefficient (Wildman–Crippen LogP) is 3.62. The van der Waals surface area contributed by atoms with Gasteiger partial charge in [0.15, 0.2) is 17.5 Å². The highest BCUT2D eigenvalue weighted by atomic mass is 16.6. The van der Waals surface area contributed by atoms with Crippen molar-refractivity contribution in [3.63, 3.8) is 0 Å². The lowest BCUT2D eigenvalue weighted by molar-refractivity contribution is -0.351. The first-order chi connectivity index (χ1) is 26.6. The van der Waals surface area contributed by atoms with Gasteiger partial charge in [0.05, 0.1) is 36.9 Å². The van der Waals surface area contributed by atoms with Crippen LogP contribution in [0.3, 0.4) is 0 Å². The van der Waals surface area contributed by atoms with Crippen molar-refractivity contribution < 1.29 is 63.3 Å². The molecule has 2 unspecified atom stereocenters. The van der Waals surface area contributed by atoms with Gasteiger partial charge < -0.3 is 49.4 Å². The van der Waals surface area contributed by atoms with Crippen LogP contribution in [0.15, 0.2) is 71.8 Å². The van der Waals surface area contributed by atoms with Crippen molar-refractivity contribution in [2.45, 2.75) is 134 Å². The van der Waals surface area contributed by atoms with Crippen molar-refractivity contribution in [1.82, 2.24) is 5.32 Å². The smallest absolute Gasteiger partial charge is 0.408 e. The molecule has 2 aromatic rings. The van der Waals surface area contributed by atoms with Crippen LogP contribution in [0.25, 0.3) is 0 Å².